The number of hydrogen-bond acceptors (Lipinski definition) is 2. The maximum absolute atomic E-state index is 5.79. The lowest BCUT2D eigenvalue weighted by Gasteiger charge is -2.17. The second-order valence-corrected chi connectivity index (χ2v) is 3.84. The van der Waals surface area contributed by atoms with Crippen molar-refractivity contribution in [2.24, 2.45) is 16.6 Å². The molecule has 1 unspecified atom stereocenters. The Morgan fingerprint density at radius 2 is 2.00 bits per heavy atom. The van der Waals surface area contributed by atoms with Crippen LogP contribution in [0.3, 0.4) is 0 Å². The van der Waals surface area contributed by atoms with Crippen molar-refractivity contribution in [3.63, 3.8) is 0 Å². The van der Waals surface area contributed by atoms with Gasteiger partial charge < -0.3 is 10.5 Å². The van der Waals surface area contributed by atoms with E-state index in [1.807, 2.05) is 6.92 Å². The number of ether oxygens (including phenoxy) is 1. The van der Waals surface area contributed by atoms with Crippen molar-refractivity contribution >= 4 is 5.84 Å². The first kappa shape index (κ1) is 13.4. The molecule has 14 heavy (non-hydrogen) atoms. The number of nitrogens with two attached hydrogens (primary N) is 1. The average molecular weight is 200 g/mol. The van der Waals surface area contributed by atoms with Crippen LogP contribution in [0.1, 0.15) is 40.5 Å². The molecule has 0 aliphatic carbocycles. The predicted octanol–water partition coefficient (Wildman–Crippen LogP) is 2.20. The number of rotatable bonds is 7. The van der Waals surface area contributed by atoms with Crippen LogP contribution in [0.25, 0.3) is 0 Å². The highest BCUT2D eigenvalue weighted by Crippen LogP contribution is 2.07. The quantitative estimate of drug-likeness (QED) is 0.506. The second-order valence-electron chi connectivity index (χ2n) is 3.84. The Labute approximate surface area is 87.7 Å². The van der Waals surface area contributed by atoms with Crippen molar-refractivity contribution in [1.29, 1.82) is 0 Å². The van der Waals surface area contributed by atoms with E-state index in [9.17, 15) is 0 Å². The van der Waals surface area contributed by atoms with Crippen molar-refractivity contribution in [3.8, 4) is 0 Å². The Balaban J connectivity index is 4.12. The van der Waals surface area contributed by atoms with Crippen LogP contribution in [0.5, 0.6) is 0 Å². The number of aliphatic imine (C=N–C) groups is 1. The summed E-state index contributed by atoms with van der Waals surface area (Å²) in [5, 5.41) is 0. The van der Waals surface area contributed by atoms with Gasteiger partial charge in [-0.1, -0.05) is 20.8 Å². The molecular formula is C11H24N2O. The average Bonchev–Trinajstić information content (AvgIpc) is 2.12. The van der Waals surface area contributed by atoms with E-state index in [1.165, 1.54) is 0 Å². The topological polar surface area (TPSA) is 47.6 Å². The van der Waals surface area contributed by atoms with E-state index >= 15 is 0 Å². The fraction of sp³-hybridized carbons (Fsp3) is 0.909. The van der Waals surface area contributed by atoms with Gasteiger partial charge in [0.25, 0.3) is 0 Å². The maximum atomic E-state index is 5.79. The molecule has 0 amide bonds. The molecule has 1 atom stereocenters. The summed E-state index contributed by atoms with van der Waals surface area (Å²) < 4.78 is 5.37. The van der Waals surface area contributed by atoms with Gasteiger partial charge in [0.15, 0.2) is 0 Å². The Morgan fingerprint density at radius 3 is 2.43 bits per heavy atom. The van der Waals surface area contributed by atoms with E-state index in [2.05, 4.69) is 25.8 Å². The third kappa shape index (κ3) is 5.97. The van der Waals surface area contributed by atoms with Crippen molar-refractivity contribution < 1.29 is 4.74 Å². The number of nitrogens with zero attached hydrogens (tertiary/aromatic N) is 1. The molecule has 0 radical (unpaired) electrons. The van der Waals surface area contributed by atoms with Gasteiger partial charge in [0, 0.05) is 13.0 Å². The molecule has 0 bridgehead atoms. The van der Waals surface area contributed by atoms with Gasteiger partial charge in [0.1, 0.15) is 0 Å². The van der Waals surface area contributed by atoms with E-state index in [1.54, 1.807) is 0 Å². The number of hydrogen-bond donors (Lipinski definition) is 1. The molecule has 0 aromatic heterocycles. The highest BCUT2D eigenvalue weighted by Gasteiger charge is 2.12. The summed E-state index contributed by atoms with van der Waals surface area (Å²) >= 11 is 0. The largest absolute Gasteiger partial charge is 0.387 e. The van der Waals surface area contributed by atoms with Crippen molar-refractivity contribution in [3.05, 3.63) is 0 Å². The summed E-state index contributed by atoms with van der Waals surface area (Å²) in [5.41, 5.74) is 5.79. The fourth-order valence-electron chi connectivity index (χ4n) is 1.15. The van der Waals surface area contributed by atoms with E-state index in [0.717, 1.165) is 25.3 Å². The van der Waals surface area contributed by atoms with E-state index in [4.69, 9.17) is 10.5 Å². The van der Waals surface area contributed by atoms with Crippen molar-refractivity contribution in [1.82, 2.24) is 0 Å². The first-order valence-corrected chi connectivity index (χ1v) is 5.51. The lowest BCUT2D eigenvalue weighted by atomic mass is 10.1. The second kappa shape index (κ2) is 7.80. The van der Waals surface area contributed by atoms with Gasteiger partial charge >= 0.3 is 0 Å². The molecule has 2 N–H and O–H groups in total. The van der Waals surface area contributed by atoms with Crippen LogP contribution < -0.4 is 5.73 Å². The Hall–Kier alpha value is -0.570. The van der Waals surface area contributed by atoms with E-state index in [0.29, 0.717) is 12.5 Å². The van der Waals surface area contributed by atoms with Gasteiger partial charge in [-0.2, -0.15) is 0 Å². The minimum Gasteiger partial charge on any atom is -0.387 e. The Bertz CT molecular complexity index is 167. The van der Waals surface area contributed by atoms with Gasteiger partial charge in [-0.05, 0) is 19.3 Å². The van der Waals surface area contributed by atoms with Crippen molar-refractivity contribution in [2.45, 2.75) is 46.6 Å². The smallest absolute Gasteiger partial charge is 0.0941 e. The van der Waals surface area contributed by atoms with E-state index in [-0.39, 0.29) is 6.04 Å². The fourth-order valence-corrected chi connectivity index (χ4v) is 1.15. The molecule has 0 heterocycles. The minimum atomic E-state index is 0.210. The van der Waals surface area contributed by atoms with Crippen LogP contribution in [0.15, 0.2) is 4.99 Å². The molecule has 0 spiro atoms. The Morgan fingerprint density at radius 1 is 1.36 bits per heavy atom. The highest BCUT2D eigenvalue weighted by molar-refractivity contribution is 5.80. The predicted molar refractivity (Wildman–Crippen MR) is 61.6 cm³/mol. The number of amidine groups is 1. The molecule has 0 aromatic carbocycles. The third-order valence-electron chi connectivity index (χ3n) is 2.10. The van der Waals surface area contributed by atoms with Gasteiger partial charge in [-0.25, -0.2) is 0 Å². The van der Waals surface area contributed by atoms with Crippen LogP contribution >= 0.6 is 0 Å². The SMILES string of the molecule is CCCC(N)=NC(COCC)C(C)C. The third-order valence-corrected chi connectivity index (χ3v) is 2.10. The monoisotopic (exact) mass is 200 g/mol. The van der Waals surface area contributed by atoms with Crippen LogP contribution in [0.2, 0.25) is 0 Å². The van der Waals surface area contributed by atoms with Crippen LogP contribution in [0.4, 0.5) is 0 Å². The summed E-state index contributed by atoms with van der Waals surface area (Å²) in [6.07, 6.45) is 1.93. The summed E-state index contributed by atoms with van der Waals surface area (Å²) in [6, 6.07) is 0.210. The molecule has 0 aliphatic heterocycles. The zero-order valence-corrected chi connectivity index (χ0v) is 9.92. The van der Waals surface area contributed by atoms with E-state index < -0.39 is 0 Å². The highest BCUT2D eigenvalue weighted by atomic mass is 16.5. The Kier molecular flexibility index (Phi) is 7.48. The molecule has 84 valence electrons. The van der Waals surface area contributed by atoms with Gasteiger partial charge in [-0.15, -0.1) is 0 Å². The summed E-state index contributed by atoms with van der Waals surface area (Å²) in [6.45, 7) is 9.82. The normalized spacial score (nSPS) is 14.8. The zero-order valence-electron chi connectivity index (χ0n) is 9.92. The molecule has 3 heteroatoms. The van der Waals surface area contributed by atoms with Gasteiger partial charge in [-0.3, -0.25) is 4.99 Å². The van der Waals surface area contributed by atoms with Crippen LogP contribution in [-0.4, -0.2) is 25.1 Å². The zero-order chi connectivity index (χ0) is 11.0. The first-order valence-electron chi connectivity index (χ1n) is 5.51. The summed E-state index contributed by atoms with van der Waals surface area (Å²) in [4.78, 5) is 4.47. The summed E-state index contributed by atoms with van der Waals surface area (Å²) in [5.74, 6) is 1.24. The first-order chi connectivity index (χ1) is 6.61. The lowest BCUT2D eigenvalue weighted by molar-refractivity contribution is 0.122. The molecule has 0 aliphatic rings. The lowest BCUT2D eigenvalue weighted by Crippen LogP contribution is -2.24. The maximum Gasteiger partial charge on any atom is 0.0941 e. The molecule has 0 saturated heterocycles. The molecule has 0 fully saturated rings. The summed E-state index contributed by atoms with van der Waals surface area (Å²) in [7, 11) is 0. The minimum absolute atomic E-state index is 0.210. The van der Waals surface area contributed by atoms with Gasteiger partial charge in [0.05, 0.1) is 18.5 Å². The molecule has 0 rings (SSSR count). The van der Waals surface area contributed by atoms with Gasteiger partial charge in [0.2, 0.25) is 0 Å². The van der Waals surface area contributed by atoms with Crippen LogP contribution in [-0.2, 0) is 4.74 Å². The molecule has 0 aromatic rings. The van der Waals surface area contributed by atoms with Crippen molar-refractivity contribution in [2.75, 3.05) is 13.2 Å². The van der Waals surface area contributed by atoms with Crippen LogP contribution in [0, 0.1) is 5.92 Å². The standard InChI is InChI=1S/C11H24N2O/c1-5-7-11(12)13-10(9(3)4)8-14-6-2/h9-10H,5-8H2,1-4H3,(H2,12,13). The molecular weight excluding hydrogens is 176 g/mol. The molecule has 3 nitrogen and oxygen atoms in total. The molecule has 0 saturated carbocycles.